The minimum Gasteiger partial charge on any atom is -0.478 e. The molecule has 0 heterocycles. The number of carboxylic acids is 1. The van der Waals surface area contributed by atoms with Crippen LogP contribution in [-0.2, 0) is 14.3 Å². The highest BCUT2D eigenvalue weighted by Crippen LogP contribution is 2.13. The molecule has 7 heteroatoms. The van der Waals surface area contributed by atoms with Crippen LogP contribution in [0.25, 0.3) is 0 Å². The van der Waals surface area contributed by atoms with E-state index in [1.165, 1.54) is 24.3 Å². The maximum atomic E-state index is 11.8. The van der Waals surface area contributed by atoms with E-state index in [-0.39, 0.29) is 11.1 Å². The van der Waals surface area contributed by atoms with Crippen molar-refractivity contribution in [3.63, 3.8) is 0 Å². The molecule has 0 radical (unpaired) electrons. The van der Waals surface area contributed by atoms with Gasteiger partial charge in [-0.25, -0.2) is 14.4 Å². The molecule has 0 aliphatic carbocycles. The van der Waals surface area contributed by atoms with Gasteiger partial charge in [-0.1, -0.05) is 32.6 Å². The average molecular weight is 324 g/mol. The van der Waals surface area contributed by atoms with Gasteiger partial charge in [0, 0.05) is 13.0 Å². The molecule has 0 spiro atoms. The molecule has 7 nitrogen and oxygen atoms in total. The third-order valence-electron chi connectivity index (χ3n) is 2.34. The Morgan fingerprint density at radius 2 is 1.74 bits per heavy atom. The molecule has 0 bridgehead atoms. The highest BCUT2D eigenvalue weighted by atomic mass is 16.7. The third kappa shape index (κ3) is 6.75. The van der Waals surface area contributed by atoms with Crippen LogP contribution in [-0.4, -0.2) is 40.5 Å². The predicted octanol–water partition coefficient (Wildman–Crippen LogP) is 2.01. The van der Waals surface area contributed by atoms with E-state index in [1.54, 1.807) is 0 Å². The molecule has 0 aliphatic heterocycles. The van der Waals surface area contributed by atoms with Crippen LogP contribution in [0.15, 0.2) is 36.9 Å². The summed E-state index contributed by atoms with van der Waals surface area (Å²) >= 11 is 0. The number of carbonyl (C=O) groups is 3. The summed E-state index contributed by atoms with van der Waals surface area (Å²) in [6.07, 6.45) is 0.843. The van der Waals surface area contributed by atoms with Crippen LogP contribution in [0.3, 0.4) is 0 Å². The van der Waals surface area contributed by atoms with Crippen molar-refractivity contribution in [3.05, 3.63) is 48.0 Å². The van der Waals surface area contributed by atoms with Crippen LogP contribution in [0.5, 0.6) is 0 Å². The normalized spacial score (nSPS) is 12.0. The number of rotatable bonds is 6. The molecule has 1 aromatic carbocycles. The van der Waals surface area contributed by atoms with Crippen molar-refractivity contribution in [2.24, 2.45) is 0 Å². The predicted molar refractivity (Wildman–Crippen MR) is 81.9 cm³/mol. The maximum Gasteiger partial charge on any atom is 0.339 e. The number of carboxylic acid groups (broad SMARTS) is 1. The second kappa shape index (κ2) is 9.37. The fourth-order valence-corrected chi connectivity index (χ4v) is 1.41. The Morgan fingerprint density at radius 3 is 2.22 bits per heavy atom. The van der Waals surface area contributed by atoms with Gasteiger partial charge in [-0.15, -0.1) is 0 Å². The Balaban J connectivity index is 0.00000232. The first kappa shape index (κ1) is 20.3. The van der Waals surface area contributed by atoms with Gasteiger partial charge in [0.1, 0.15) is 0 Å². The van der Waals surface area contributed by atoms with E-state index >= 15 is 0 Å². The molecule has 23 heavy (non-hydrogen) atoms. The number of aromatic carboxylic acids is 1. The molecule has 0 saturated carbocycles. The first-order valence-electron chi connectivity index (χ1n) is 6.84. The monoisotopic (exact) mass is 324 g/mol. The molecule has 0 aliphatic rings. The summed E-state index contributed by atoms with van der Waals surface area (Å²) in [5.74, 6) is -5.17. The van der Waals surface area contributed by atoms with E-state index in [2.05, 4.69) is 11.3 Å². The van der Waals surface area contributed by atoms with Crippen LogP contribution >= 0.6 is 0 Å². The first-order valence-corrected chi connectivity index (χ1v) is 6.84. The van der Waals surface area contributed by atoms with Gasteiger partial charge in [-0.05, 0) is 12.1 Å². The fraction of sp³-hybridized carbons (Fsp3) is 0.312. The Labute approximate surface area is 134 Å². The van der Waals surface area contributed by atoms with Crippen LogP contribution in [0.1, 0.15) is 41.5 Å². The van der Waals surface area contributed by atoms with Crippen molar-refractivity contribution in [3.8, 4) is 0 Å². The van der Waals surface area contributed by atoms with Crippen molar-refractivity contribution in [1.29, 1.82) is 0 Å². The van der Waals surface area contributed by atoms with Gasteiger partial charge in [0.05, 0.1) is 11.1 Å². The molecule has 1 rings (SSSR count). The highest BCUT2D eigenvalue weighted by molar-refractivity contribution is 6.02. The van der Waals surface area contributed by atoms with Crippen molar-refractivity contribution in [2.45, 2.75) is 26.6 Å². The van der Waals surface area contributed by atoms with Gasteiger partial charge >= 0.3 is 17.9 Å². The summed E-state index contributed by atoms with van der Waals surface area (Å²) in [5.41, 5.74) is -0.402. The maximum absolute atomic E-state index is 11.8. The fourth-order valence-electron chi connectivity index (χ4n) is 1.41. The summed E-state index contributed by atoms with van der Waals surface area (Å²) in [4.78, 5) is 33.8. The molecule has 0 amide bonds. The van der Waals surface area contributed by atoms with Crippen LogP contribution in [0.4, 0.5) is 0 Å². The molecule has 0 saturated heterocycles. The second-order valence-corrected chi connectivity index (χ2v) is 4.23. The Hall–Kier alpha value is -2.67. The van der Waals surface area contributed by atoms with E-state index in [9.17, 15) is 19.5 Å². The zero-order chi connectivity index (χ0) is 18.0. The highest BCUT2D eigenvalue weighted by Gasteiger charge is 2.28. The van der Waals surface area contributed by atoms with E-state index < -0.39 is 30.3 Å². The first-order chi connectivity index (χ1) is 10.8. The molecule has 2 N–H and O–H groups in total. The van der Waals surface area contributed by atoms with E-state index in [4.69, 9.17) is 9.84 Å². The van der Waals surface area contributed by atoms with Crippen LogP contribution < -0.4 is 0 Å². The zero-order valence-electron chi connectivity index (χ0n) is 13.2. The van der Waals surface area contributed by atoms with Gasteiger partial charge in [0.2, 0.25) is 5.79 Å². The van der Waals surface area contributed by atoms with Gasteiger partial charge in [-0.3, -0.25) is 0 Å². The SMILES string of the molecule is C=CC(=O)OC(C)(O)COC(=O)c1ccccc1C(=O)O.CC. The van der Waals surface area contributed by atoms with Crippen LogP contribution in [0, 0.1) is 0 Å². The Bertz CT molecular complexity index is 576. The third-order valence-corrected chi connectivity index (χ3v) is 2.34. The summed E-state index contributed by atoms with van der Waals surface area (Å²) in [6, 6.07) is 5.45. The number of carbonyl (C=O) groups excluding carboxylic acids is 2. The number of ether oxygens (including phenoxy) is 2. The number of hydrogen-bond donors (Lipinski definition) is 2. The lowest BCUT2D eigenvalue weighted by Crippen LogP contribution is -2.37. The summed E-state index contributed by atoms with van der Waals surface area (Å²) in [6.45, 7) is 7.62. The van der Waals surface area contributed by atoms with E-state index in [0.29, 0.717) is 0 Å². The number of aliphatic hydroxyl groups is 1. The molecule has 1 unspecified atom stereocenters. The smallest absolute Gasteiger partial charge is 0.339 e. The molecule has 126 valence electrons. The number of esters is 2. The topological polar surface area (TPSA) is 110 Å². The minimum absolute atomic E-state index is 0.171. The number of hydrogen-bond acceptors (Lipinski definition) is 6. The van der Waals surface area contributed by atoms with Gasteiger partial charge in [0.25, 0.3) is 0 Å². The lowest BCUT2D eigenvalue weighted by Gasteiger charge is -2.22. The molecular weight excluding hydrogens is 304 g/mol. The Morgan fingerprint density at radius 1 is 1.22 bits per heavy atom. The summed E-state index contributed by atoms with van der Waals surface area (Å²) in [5, 5.41) is 18.7. The van der Waals surface area contributed by atoms with Crippen molar-refractivity contribution < 1.29 is 34.1 Å². The van der Waals surface area contributed by atoms with Crippen molar-refractivity contribution >= 4 is 17.9 Å². The zero-order valence-corrected chi connectivity index (χ0v) is 13.2. The average Bonchev–Trinajstić information content (AvgIpc) is 2.54. The summed E-state index contributed by atoms with van der Waals surface area (Å²) in [7, 11) is 0. The standard InChI is InChI=1S/C14H14O7.C2H6/c1-3-11(15)21-14(2,19)8-20-13(18)10-7-5-4-6-9(10)12(16)17;1-2/h3-7,19H,1,8H2,2H3,(H,16,17);1-2H3. The van der Waals surface area contributed by atoms with E-state index in [0.717, 1.165) is 13.0 Å². The lowest BCUT2D eigenvalue weighted by atomic mass is 10.1. The van der Waals surface area contributed by atoms with Gasteiger partial charge in [0.15, 0.2) is 6.61 Å². The minimum atomic E-state index is -2.04. The number of benzene rings is 1. The van der Waals surface area contributed by atoms with Crippen molar-refractivity contribution in [2.75, 3.05) is 6.61 Å². The molecule has 1 atom stereocenters. The molecule has 1 aromatic rings. The van der Waals surface area contributed by atoms with Crippen LogP contribution in [0.2, 0.25) is 0 Å². The summed E-state index contributed by atoms with van der Waals surface area (Å²) < 4.78 is 9.32. The van der Waals surface area contributed by atoms with E-state index in [1.807, 2.05) is 13.8 Å². The van der Waals surface area contributed by atoms with Gasteiger partial charge in [-0.2, -0.15) is 0 Å². The largest absolute Gasteiger partial charge is 0.478 e. The van der Waals surface area contributed by atoms with Gasteiger partial charge < -0.3 is 19.7 Å². The molecule has 0 aromatic heterocycles. The second-order valence-electron chi connectivity index (χ2n) is 4.23. The quantitative estimate of drug-likeness (QED) is 0.468. The van der Waals surface area contributed by atoms with Crippen molar-refractivity contribution in [1.82, 2.24) is 0 Å². The molecule has 0 fully saturated rings. The molecular formula is C16H20O7. The Kier molecular flexibility index (Phi) is 8.28. The lowest BCUT2D eigenvalue weighted by molar-refractivity contribution is -0.209.